The zero-order valence-electron chi connectivity index (χ0n) is 14.1. The van der Waals surface area contributed by atoms with Gasteiger partial charge in [-0.2, -0.15) is 10.2 Å². The number of amides is 1. The van der Waals surface area contributed by atoms with Gasteiger partial charge in [0.1, 0.15) is 12.4 Å². The average molecular weight is 317 g/mol. The van der Waals surface area contributed by atoms with Gasteiger partial charge in [0.05, 0.1) is 17.9 Å². The topological polar surface area (TPSA) is 65.2 Å². The molecule has 124 valence electrons. The van der Waals surface area contributed by atoms with Crippen LogP contribution in [0.1, 0.15) is 35.7 Å². The maximum Gasteiger partial charge on any atom is 0.274 e. The van der Waals surface area contributed by atoms with Gasteiger partial charge >= 0.3 is 0 Å². The van der Waals surface area contributed by atoms with E-state index in [2.05, 4.69) is 10.2 Å². The molecule has 0 unspecified atom stereocenters. The van der Waals surface area contributed by atoms with E-state index < -0.39 is 0 Å². The van der Waals surface area contributed by atoms with Gasteiger partial charge < -0.3 is 9.64 Å². The molecule has 3 heterocycles. The first-order valence-corrected chi connectivity index (χ1v) is 7.91. The second-order valence-corrected chi connectivity index (χ2v) is 6.28. The molecular formula is C16H23N5O2. The summed E-state index contributed by atoms with van der Waals surface area (Å²) in [6.45, 7) is 9.65. The Morgan fingerprint density at radius 3 is 2.57 bits per heavy atom. The van der Waals surface area contributed by atoms with Gasteiger partial charge in [0, 0.05) is 25.0 Å². The van der Waals surface area contributed by atoms with Crippen molar-refractivity contribution in [3.8, 4) is 0 Å². The molecule has 3 rings (SSSR count). The highest BCUT2D eigenvalue weighted by molar-refractivity contribution is 5.92. The van der Waals surface area contributed by atoms with Crippen LogP contribution in [0.2, 0.25) is 0 Å². The number of aromatic nitrogens is 4. The first-order valence-electron chi connectivity index (χ1n) is 7.91. The number of hydrogen-bond donors (Lipinski definition) is 0. The smallest absolute Gasteiger partial charge is 0.274 e. The minimum Gasteiger partial charge on any atom is -0.372 e. The van der Waals surface area contributed by atoms with Crippen LogP contribution in [-0.4, -0.2) is 55.7 Å². The molecule has 0 spiro atoms. The molecule has 0 saturated carbocycles. The van der Waals surface area contributed by atoms with E-state index in [-0.39, 0.29) is 18.1 Å². The summed E-state index contributed by atoms with van der Waals surface area (Å²) in [4.78, 5) is 14.4. The molecule has 2 atom stereocenters. The molecule has 7 nitrogen and oxygen atoms in total. The minimum absolute atomic E-state index is 0.0425. The van der Waals surface area contributed by atoms with Gasteiger partial charge in [-0.1, -0.05) is 0 Å². The number of nitrogens with zero attached hydrogens (tertiary/aromatic N) is 5. The summed E-state index contributed by atoms with van der Waals surface area (Å²) in [7, 11) is 0. The number of carbonyl (C=O) groups excluding carboxylic acids is 1. The summed E-state index contributed by atoms with van der Waals surface area (Å²) >= 11 is 0. The van der Waals surface area contributed by atoms with Crippen molar-refractivity contribution >= 4 is 5.91 Å². The van der Waals surface area contributed by atoms with Crippen LogP contribution in [0.3, 0.4) is 0 Å². The monoisotopic (exact) mass is 317 g/mol. The first kappa shape index (κ1) is 15.7. The third-order valence-corrected chi connectivity index (χ3v) is 3.95. The molecule has 1 aliphatic heterocycles. The van der Waals surface area contributed by atoms with Crippen LogP contribution < -0.4 is 0 Å². The van der Waals surface area contributed by atoms with Gasteiger partial charge in [0.25, 0.3) is 5.91 Å². The summed E-state index contributed by atoms with van der Waals surface area (Å²) < 4.78 is 9.28. The molecule has 0 N–H and O–H groups in total. The molecule has 0 bridgehead atoms. The van der Waals surface area contributed by atoms with Crippen LogP contribution in [-0.2, 0) is 11.4 Å². The van der Waals surface area contributed by atoms with E-state index in [1.54, 1.807) is 10.7 Å². The normalized spacial score (nSPS) is 21.7. The van der Waals surface area contributed by atoms with Crippen LogP contribution in [0.15, 0.2) is 18.3 Å². The van der Waals surface area contributed by atoms with Gasteiger partial charge in [-0.05, 0) is 39.8 Å². The molecular weight excluding hydrogens is 294 g/mol. The van der Waals surface area contributed by atoms with Crippen LogP contribution in [0.5, 0.6) is 0 Å². The molecule has 0 radical (unpaired) electrons. The summed E-state index contributed by atoms with van der Waals surface area (Å²) in [5.74, 6) is -0.0425. The number of aryl methyl sites for hydroxylation is 2. The highest BCUT2D eigenvalue weighted by Crippen LogP contribution is 2.13. The summed E-state index contributed by atoms with van der Waals surface area (Å²) in [5.41, 5.74) is 2.51. The van der Waals surface area contributed by atoms with Crippen molar-refractivity contribution in [1.82, 2.24) is 24.5 Å². The third-order valence-electron chi connectivity index (χ3n) is 3.95. The lowest BCUT2D eigenvalue weighted by molar-refractivity contribution is -0.0587. The molecule has 1 fully saturated rings. The maximum absolute atomic E-state index is 12.6. The van der Waals surface area contributed by atoms with Crippen LogP contribution in [0.4, 0.5) is 0 Å². The predicted octanol–water partition coefficient (Wildman–Crippen LogP) is 1.45. The number of ether oxygens (including phenoxy) is 1. The molecule has 1 aliphatic rings. The highest BCUT2D eigenvalue weighted by atomic mass is 16.5. The number of rotatable bonds is 3. The Morgan fingerprint density at radius 1 is 1.26 bits per heavy atom. The second kappa shape index (κ2) is 6.16. The average Bonchev–Trinajstić information content (AvgIpc) is 3.04. The van der Waals surface area contributed by atoms with Gasteiger partial charge in [-0.3, -0.25) is 9.48 Å². The zero-order chi connectivity index (χ0) is 16.6. The zero-order valence-corrected chi connectivity index (χ0v) is 14.1. The van der Waals surface area contributed by atoms with Crippen molar-refractivity contribution in [2.75, 3.05) is 13.1 Å². The summed E-state index contributed by atoms with van der Waals surface area (Å²) in [5, 5.41) is 8.82. The fourth-order valence-electron chi connectivity index (χ4n) is 3.02. The molecule has 1 saturated heterocycles. The Labute approximate surface area is 135 Å². The molecule has 23 heavy (non-hydrogen) atoms. The summed E-state index contributed by atoms with van der Waals surface area (Å²) in [6, 6.07) is 3.78. The lowest BCUT2D eigenvalue weighted by Crippen LogP contribution is -2.48. The maximum atomic E-state index is 12.6. The van der Waals surface area contributed by atoms with Crippen molar-refractivity contribution < 1.29 is 9.53 Å². The van der Waals surface area contributed by atoms with E-state index in [9.17, 15) is 4.79 Å². The minimum atomic E-state index is -0.0425. The standard InChI is InChI=1S/C16H23N5O2/c1-11-7-12(2)21(17-11)10-20-6-5-15(18-20)16(22)19-8-13(3)23-14(4)9-19/h5-7,13-14H,8-10H2,1-4H3/t13-,14-/m1/s1. The number of hydrogen-bond acceptors (Lipinski definition) is 4. The Kier molecular flexibility index (Phi) is 4.21. The highest BCUT2D eigenvalue weighted by Gasteiger charge is 2.27. The van der Waals surface area contributed by atoms with Crippen molar-refractivity contribution in [1.29, 1.82) is 0 Å². The molecule has 1 amide bonds. The largest absolute Gasteiger partial charge is 0.372 e. The number of carbonyl (C=O) groups is 1. The predicted molar refractivity (Wildman–Crippen MR) is 85.2 cm³/mol. The van der Waals surface area contributed by atoms with Crippen LogP contribution in [0, 0.1) is 13.8 Å². The quantitative estimate of drug-likeness (QED) is 0.859. The molecule has 0 aliphatic carbocycles. The second-order valence-electron chi connectivity index (χ2n) is 6.28. The first-order chi connectivity index (χ1) is 10.9. The van der Waals surface area contributed by atoms with E-state index in [1.165, 1.54) is 0 Å². The van der Waals surface area contributed by atoms with Crippen molar-refractivity contribution in [2.45, 2.75) is 46.6 Å². The van der Waals surface area contributed by atoms with Crippen LogP contribution >= 0.6 is 0 Å². The lowest BCUT2D eigenvalue weighted by atomic mass is 10.2. The third kappa shape index (κ3) is 3.44. The van der Waals surface area contributed by atoms with Gasteiger partial charge in [0.15, 0.2) is 0 Å². The Hall–Kier alpha value is -2.15. The van der Waals surface area contributed by atoms with E-state index in [4.69, 9.17) is 4.74 Å². The Morgan fingerprint density at radius 2 is 1.96 bits per heavy atom. The van der Waals surface area contributed by atoms with Crippen molar-refractivity contribution in [2.24, 2.45) is 0 Å². The molecule has 2 aromatic heterocycles. The van der Waals surface area contributed by atoms with Gasteiger partial charge in [-0.15, -0.1) is 0 Å². The Balaban J connectivity index is 1.71. The fourth-order valence-corrected chi connectivity index (χ4v) is 3.02. The van der Waals surface area contributed by atoms with E-state index in [0.29, 0.717) is 25.5 Å². The summed E-state index contributed by atoms with van der Waals surface area (Å²) in [6.07, 6.45) is 1.93. The van der Waals surface area contributed by atoms with E-state index in [0.717, 1.165) is 11.4 Å². The van der Waals surface area contributed by atoms with Crippen LogP contribution in [0.25, 0.3) is 0 Å². The SMILES string of the molecule is Cc1cc(C)n(Cn2ccc(C(=O)N3C[C@@H](C)O[C@H](C)C3)n2)n1. The Bertz CT molecular complexity index is 695. The lowest BCUT2D eigenvalue weighted by Gasteiger charge is -2.34. The van der Waals surface area contributed by atoms with Crippen molar-refractivity contribution in [3.05, 3.63) is 35.4 Å². The molecule has 2 aromatic rings. The molecule has 0 aromatic carbocycles. The fraction of sp³-hybridized carbons (Fsp3) is 0.562. The van der Waals surface area contributed by atoms with Crippen molar-refractivity contribution in [3.63, 3.8) is 0 Å². The van der Waals surface area contributed by atoms with Gasteiger partial charge in [0.2, 0.25) is 0 Å². The van der Waals surface area contributed by atoms with Gasteiger partial charge in [-0.25, -0.2) is 4.68 Å². The van der Waals surface area contributed by atoms with E-state index in [1.807, 2.05) is 49.5 Å². The molecule has 7 heteroatoms. The number of morpholine rings is 1. The van der Waals surface area contributed by atoms with E-state index >= 15 is 0 Å².